The Labute approximate surface area is 98.9 Å². The number of nitrogens with one attached hydrogen (secondary N) is 2. The Hall–Kier alpha value is -1.14. The molecule has 6 heteroatoms. The van der Waals surface area contributed by atoms with E-state index >= 15 is 0 Å². The van der Waals surface area contributed by atoms with Gasteiger partial charge in [-0.2, -0.15) is 0 Å². The highest BCUT2D eigenvalue weighted by Crippen LogP contribution is 2.22. The van der Waals surface area contributed by atoms with Gasteiger partial charge in [-0.05, 0) is 13.5 Å². The van der Waals surface area contributed by atoms with Gasteiger partial charge in [0.2, 0.25) is 5.91 Å². The molecule has 0 saturated carbocycles. The number of rotatable bonds is 3. The lowest BCUT2D eigenvalue weighted by atomic mass is 10.4. The molecule has 1 fully saturated rings. The van der Waals surface area contributed by atoms with Crippen LogP contribution in [-0.4, -0.2) is 37.6 Å². The van der Waals surface area contributed by atoms with Crippen molar-refractivity contribution in [3.8, 4) is 0 Å². The fourth-order valence-corrected chi connectivity index (χ4v) is 2.62. The van der Waals surface area contributed by atoms with Gasteiger partial charge in [0.05, 0.1) is 6.54 Å². The molecule has 2 heterocycles. The molecule has 1 saturated heterocycles. The number of thiazole rings is 1. The van der Waals surface area contributed by atoms with Gasteiger partial charge in [0.15, 0.2) is 5.13 Å². The van der Waals surface area contributed by atoms with Crippen LogP contribution in [0.25, 0.3) is 0 Å². The number of aromatic nitrogens is 1. The van der Waals surface area contributed by atoms with Crippen LogP contribution in [0.4, 0.5) is 5.13 Å². The van der Waals surface area contributed by atoms with Gasteiger partial charge in [-0.3, -0.25) is 4.79 Å². The van der Waals surface area contributed by atoms with E-state index in [1.807, 2.05) is 18.1 Å². The topological polar surface area (TPSA) is 57.3 Å². The lowest BCUT2D eigenvalue weighted by Gasteiger charge is -2.16. The summed E-state index contributed by atoms with van der Waals surface area (Å²) in [6.45, 7) is 2.92. The van der Waals surface area contributed by atoms with Gasteiger partial charge in [0, 0.05) is 30.7 Å². The quantitative estimate of drug-likeness (QED) is 0.792. The molecule has 2 rings (SSSR count). The van der Waals surface area contributed by atoms with Crippen LogP contribution in [0.3, 0.4) is 0 Å². The summed E-state index contributed by atoms with van der Waals surface area (Å²) >= 11 is 1.65. The first-order valence-electron chi connectivity index (χ1n) is 5.40. The molecule has 0 aliphatic carbocycles. The van der Waals surface area contributed by atoms with Gasteiger partial charge < -0.3 is 15.5 Å². The van der Waals surface area contributed by atoms with Crippen LogP contribution in [0.2, 0.25) is 0 Å². The molecule has 0 bridgehead atoms. The molecule has 1 aromatic heterocycles. The van der Waals surface area contributed by atoms with Crippen LogP contribution in [0.5, 0.6) is 0 Å². The van der Waals surface area contributed by atoms with Crippen LogP contribution < -0.4 is 15.5 Å². The highest BCUT2D eigenvalue weighted by Gasteiger charge is 2.17. The van der Waals surface area contributed by atoms with Crippen molar-refractivity contribution in [2.45, 2.75) is 13.0 Å². The second kappa shape index (κ2) is 5.27. The number of hydrogen-bond acceptors (Lipinski definition) is 5. The third-order valence-corrected chi connectivity index (χ3v) is 3.48. The average Bonchev–Trinajstić information content (AvgIpc) is 2.61. The standard InChI is InChI=1S/C10H16N4OS/c1-11-5-8-6-13-10(16-8)14-4-2-3-12-9(15)7-14/h6,11H,2-5,7H2,1H3,(H,12,15). The summed E-state index contributed by atoms with van der Waals surface area (Å²) < 4.78 is 0. The van der Waals surface area contributed by atoms with Crippen LogP contribution in [-0.2, 0) is 11.3 Å². The van der Waals surface area contributed by atoms with E-state index in [4.69, 9.17) is 0 Å². The van der Waals surface area contributed by atoms with Gasteiger partial charge in [-0.15, -0.1) is 11.3 Å². The minimum absolute atomic E-state index is 0.0860. The molecular weight excluding hydrogens is 224 g/mol. The molecular formula is C10H16N4OS. The first-order valence-corrected chi connectivity index (χ1v) is 6.22. The molecule has 0 unspecified atom stereocenters. The summed E-state index contributed by atoms with van der Waals surface area (Å²) in [6, 6.07) is 0. The predicted molar refractivity (Wildman–Crippen MR) is 64.7 cm³/mol. The average molecular weight is 240 g/mol. The van der Waals surface area contributed by atoms with Gasteiger partial charge in [-0.25, -0.2) is 4.98 Å². The number of carbonyl (C=O) groups is 1. The third-order valence-electron chi connectivity index (χ3n) is 2.42. The molecule has 0 radical (unpaired) electrons. The maximum absolute atomic E-state index is 11.4. The van der Waals surface area contributed by atoms with Crippen molar-refractivity contribution in [1.29, 1.82) is 0 Å². The van der Waals surface area contributed by atoms with Gasteiger partial charge in [-0.1, -0.05) is 0 Å². The zero-order chi connectivity index (χ0) is 11.4. The van der Waals surface area contributed by atoms with E-state index in [1.54, 1.807) is 11.3 Å². The lowest BCUT2D eigenvalue weighted by Crippen LogP contribution is -2.32. The number of carbonyl (C=O) groups excluding carboxylic acids is 1. The Balaban J connectivity index is 2.06. The second-order valence-corrected chi connectivity index (χ2v) is 4.86. The summed E-state index contributed by atoms with van der Waals surface area (Å²) in [5.74, 6) is 0.0860. The highest BCUT2D eigenvalue weighted by molar-refractivity contribution is 7.15. The van der Waals surface area contributed by atoms with Gasteiger partial charge >= 0.3 is 0 Å². The van der Waals surface area contributed by atoms with E-state index in [9.17, 15) is 4.79 Å². The van der Waals surface area contributed by atoms with Crippen molar-refractivity contribution in [3.63, 3.8) is 0 Å². The number of hydrogen-bond donors (Lipinski definition) is 2. The SMILES string of the molecule is CNCc1cnc(N2CCCNC(=O)C2)s1. The zero-order valence-electron chi connectivity index (χ0n) is 9.32. The van der Waals surface area contributed by atoms with Crippen LogP contribution in [0.1, 0.15) is 11.3 Å². The van der Waals surface area contributed by atoms with Crippen molar-refractivity contribution in [2.75, 3.05) is 31.6 Å². The predicted octanol–water partition coefficient (Wildman–Crippen LogP) is 0.189. The molecule has 1 aliphatic rings. The zero-order valence-corrected chi connectivity index (χ0v) is 10.1. The highest BCUT2D eigenvalue weighted by atomic mass is 32.1. The number of nitrogens with zero attached hydrogens (tertiary/aromatic N) is 2. The first kappa shape index (κ1) is 11.3. The van der Waals surface area contributed by atoms with Crippen molar-refractivity contribution < 1.29 is 4.79 Å². The van der Waals surface area contributed by atoms with Crippen molar-refractivity contribution in [1.82, 2.24) is 15.6 Å². The molecule has 0 spiro atoms. The molecule has 0 aromatic carbocycles. The lowest BCUT2D eigenvalue weighted by molar-refractivity contribution is -0.119. The molecule has 1 aromatic rings. The van der Waals surface area contributed by atoms with E-state index in [0.29, 0.717) is 6.54 Å². The number of anilines is 1. The van der Waals surface area contributed by atoms with E-state index in [2.05, 4.69) is 15.6 Å². The van der Waals surface area contributed by atoms with Crippen LogP contribution in [0.15, 0.2) is 6.20 Å². The van der Waals surface area contributed by atoms with Crippen molar-refractivity contribution >= 4 is 22.4 Å². The smallest absolute Gasteiger partial charge is 0.239 e. The molecule has 1 amide bonds. The van der Waals surface area contributed by atoms with E-state index < -0.39 is 0 Å². The second-order valence-electron chi connectivity index (χ2n) is 3.76. The summed E-state index contributed by atoms with van der Waals surface area (Å²) in [6.07, 6.45) is 2.85. The molecule has 2 N–H and O–H groups in total. The maximum atomic E-state index is 11.4. The van der Waals surface area contributed by atoms with Gasteiger partial charge in [0.1, 0.15) is 0 Å². The molecule has 1 aliphatic heterocycles. The Morgan fingerprint density at radius 2 is 2.56 bits per heavy atom. The fraction of sp³-hybridized carbons (Fsp3) is 0.600. The number of amides is 1. The minimum atomic E-state index is 0.0860. The Morgan fingerprint density at radius 3 is 3.38 bits per heavy atom. The monoisotopic (exact) mass is 240 g/mol. The van der Waals surface area contributed by atoms with Crippen molar-refractivity contribution in [3.05, 3.63) is 11.1 Å². The van der Waals surface area contributed by atoms with Crippen molar-refractivity contribution in [2.24, 2.45) is 0 Å². The fourth-order valence-electron chi connectivity index (χ4n) is 1.67. The minimum Gasteiger partial charge on any atom is -0.354 e. The first-order chi connectivity index (χ1) is 7.79. The Bertz CT molecular complexity index is 365. The molecule has 88 valence electrons. The normalized spacial score (nSPS) is 17.1. The van der Waals surface area contributed by atoms with Crippen LogP contribution in [0, 0.1) is 0 Å². The Kier molecular flexibility index (Phi) is 3.74. The van der Waals surface area contributed by atoms with E-state index in [1.165, 1.54) is 4.88 Å². The summed E-state index contributed by atoms with van der Waals surface area (Å²) in [7, 11) is 1.92. The van der Waals surface area contributed by atoms with Crippen LogP contribution >= 0.6 is 11.3 Å². The maximum Gasteiger partial charge on any atom is 0.239 e. The van der Waals surface area contributed by atoms with E-state index in [0.717, 1.165) is 31.2 Å². The van der Waals surface area contributed by atoms with E-state index in [-0.39, 0.29) is 5.91 Å². The summed E-state index contributed by atoms with van der Waals surface area (Å²) in [5.41, 5.74) is 0. The third kappa shape index (κ3) is 2.70. The summed E-state index contributed by atoms with van der Waals surface area (Å²) in [5, 5.41) is 6.90. The molecule has 16 heavy (non-hydrogen) atoms. The summed E-state index contributed by atoms with van der Waals surface area (Å²) in [4.78, 5) is 19.0. The van der Waals surface area contributed by atoms with Gasteiger partial charge in [0.25, 0.3) is 0 Å². The Morgan fingerprint density at radius 1 is 1.69 bits per heavy atom. The largest absolute Gasteiger partial charge is 0.354 e. The molecule has 0 atom stereocenters. The molecule has 5 nitrogen and oxygen atoms in total.